The van der Waals surface area contributed by atoms with Crippen LogP contribution in [0.15, 0.2) is 60.8 Å². The summed E-state index contributed by atoms with van der Waals surface area (Å²) in [5, 5.41) is 2.80. The number of nitrogens with one attached hydrogen (secondary N) is 1. The predicted molar refractivity (Wildman–Crippen MR) is 128 cm³/mol. The molecule has 5 heteroatoms. The van der Waals surface area contributed by atoms with Gasteiger partial charge in [0.05, 0.1) is 0 Å². The summed E-state index contributed by atoms with van der Waals surface area (Å²) < 4.78 is 0. The number of amides is 1. The summed E-state index contributed by atoms with van der Waals surface area (Å²) in [6, 6.07) is 17.6. The summed E-state index contributed by atoms with van der Waals surface area (Å²) in [7, 11) is 0. The Morgan fingerprint density at radius 1 is 0.970 bits per heavy atom. The van der Waals surface area contributed by atoms with Crippen molar-refractivity contribution in [2.75, 3.05) is 6.54 Å². The molecule has 1 aromatic heterocycles. The van der Waals surface area contributed by atoms with Gasteiger partial charge in [-0.05, 0) is 67.1 Å². The molecule has 0 saturated heterocycles. The van der Waals surface area contributed by atoms with Crippen LogP contribution in [0.2, 0.25) is 0 Å². The fraction of sp³-hybridized carbons (Fsp3) is 0.286. The molecule has 0 bridgehead atoms. The highest BCUT2D eigenvalue weighted by Gasteiger charge is 2.42. The Morgan fingerprint density at radius 2 is 1.67 bits per heavy atom. The number of hydrogen-bond acceptors (Lipinski definition) is 4. The highest BCUT2D eigenvalue weighted by atomic mass is 16.2. The van der Waals surface area contributed by atoms with E-state index in [0.29, 0.717) is 18.7 Å². The standard InChI is InChI=1S/C28H28N2O3/c1-17-7-9-20(10-8-17)22-14-18(2)25(19(3)15-22)26-24(31)16-21(27(26)32)11-13-30-28(33)23-6-4-5-12-29-23/h4-10,12,14-15,21,26H,11,13,16H2,1-3H3,(H,30,33). The summed E-state index contributed by atoms with van der Waals surface area (Å²) in [6.07, 6.45) is 2.23. The molecule has 2 atom stereocenters. The number of carbonyl (C=O) groups excluding carboxylic acids is 3. The molecular weight excluding hydrogens is 412 g/mol. The Labute approximate surface area is 194 Å². The second-order valence-corrected chi connectivity index (χ2v) is 8.85. The van der Waals surface area contributed by atoms with E-state index in [1.807, 2.05) is 13.8 Å². The molecule has 1 heterocycles. The zero-order valence-corrected chi connectivity index (χ0v) is 19.2. The van der Waals surface area contributed by atoms with Crippen LogP contribution in [0.4, 0.5) is 0 Å². The number of carbonyl (C=O) groups is 3. The van der Waals surface area contributed by atoms with Crippen molar-refractivity contribution in [3.05, 3.63) is 88.7 Å². The van der Waals surface area contributed by atoms with Crippen molar-refractivity contribution in [1.82, 2.24) is 10.3 Å². The molecule has 1 aliphatic carbocycles. The third kappa shape index (κ3) is 4.77. The van der Waals surface area contributed by atoms with E-state index in [-0.39, 0.29) is 29.8 Å². The van der Waals surface area contributed by atoms with Crippen molar-refractivity contribution >= 4 is 17.5 Å². The number of hydrogen-bond donors (Lipinski definition) is 1. The Morgan fingerprint density at radius 3 is 2.30 bits per heavy atom. The van der Waals surface area contributed by atoms with Gasteiger partial charge in [0.25, 0.3) is 5.91 Å². The van der Waals surface area contributed by atoms with E-state index in [9.17, 15) is 14.4 Å². The van der Waals surface area contributed by atoms with E-state index < -0.39 is 5.92 Å². The maximum atomic E-state index is 13.2. The van der Waals surface area contributed by atoms with Crippen LogP contribution in [0.5, 0.6) is 0 Å². The van der Waals surface area contributed by atoms with Gasteiger partial charge in [0, 0.05) is 25.1 Å². The summed E-state index contributed by atoms with van der Waals surface area (Å²) in [5.74, 6) is -1.44. The summed E-state index contributed by atoms with van der Waals surface area (Å²) in [6.45, 7) is 6.33. The molecule has 1 aliphatic rings. The molecule has 2 aromatic carbocycles. The van der Waals surface area contributed by atoms with Crippen molar-refractivity contribution in [2.24, 2.45) is 5.92 Å². The second kappa shape index (κ2) is 9.49. The Kier molecular flexibility index (Phi) is 6.50. The molecule has 3 aromatic rings. The van der Waals surface area contributed by atoms with Gasteiger partial charge in [-0.3, -0.25) is 19.4 Å². The molecule has 0 aliphatic heterocycles. The molecule has 5 nitrogen and oxygen atoms in total. The molecule has 1 fully saturated rings. The largest absolute Gasteiger partial charge is 0.351 e. The zero-order valence-electron chi connectivity index (χ0n) is 19.2. The van der Waals surface area contributed by atoms with Gasteiger partial charge in [-0.15, -0.1) is 0 Å². The number of aryl methyl sites for hydroxylation is 3. The quantitative estimate of drug-likeness (QED) is 0.562. The highest BCUT2D eigenvalue weighted by molar-refractivity contribution is 6.15. The summed E-state index contributed by atoms with van der Waals surface area (Å²) in [5.41, 5.74) is 6.49. The Bertz CT molecular complexity index is 1180. The maximum Gasteiger partial charge on any atom is 0.269 e. The molecule has 1 N–H and O–H groups in total. The first-order valence-corrected chi connectivity index (χ1v) is 11.3. The van der Waals surface area contributed by atoms with Crippen molar-refractivity contribution in [1.29, 1.82) is 0 Å². The Balaban J connectivity index is 1.47. The van der Waals surface area contributed by atoms with Crippen LogP contribution in [0, 0.1) is 26.7 Å². The molecule has 0 radical (unpaired) electrons. The van der Waals surface area contributed by atoms with Crippen LogP contribution < -0.4 is 5.32 Å². The summed E-state index contributed by atoms with van der Waals surface area (Å²) >= 11 is 0. The lowest BCUT2D eigenvalue weighted by molar-refractivity contribution is -0.124. The number of rotatable bonds is 6. The van der Waals surface area contributed by atoms with Gasteiger partial charge in [-0.2, -0.15) is 0 Å². The maximum absolute atomic E-state index is 13.2. The average molecular weight is 441 g/mol. The van der Waals surface area contributed by atoms with Crippen LogP contribution in [0.3, 0.4) is 0 Å². The first kappa shape index (κ1) is 22.6. The third-order valence-electron chi connectivity index (χ3n) is 6.40. The van der Waals surface area contributed by atoms with Gasteiger partial charge in [-0.25, -0.2) is 0 Å². The van der Waals surface area contributed by atoms with Crippen LogP contribution >= 0.6 is 0 Å². The fourth-order valence-corrected chi connectivity index (χ4v) is 4.69. The van der Waals surface area contributed by atoms with Crippen molar-refractivity contribution in [2.45, 2.75) is 39.5 Å². The van der Waals surface area contributed by atoms with Crippen LogP contribution in [0.1, 0.15) is 51.5 Å². The van der Waals surface area contributed by atoms with E-state index in [2.05, 4.69) is 53.6 Å². The SMILES string of the molecule is Cc1ccc(-c2cc(C)c(C3C(=O)CC(CCNC(=O)c4ccccn4)C3=O)c(C)c2)cc1. The van der Waals surface area contributed by atoms with Crippen molar-refractivity contribution in [3.8, 4) is 11.1 Å². The van der Waals surface area contributed by atoms with Gasteiger partial charge in [0.1, 0.15) is 17.4 Å². The van der Waals surface area contributed by atoms with Crippen molar-refractivity contribution < 1.29 is 14.4 Å². The zero-order chi connectivity index (χ0) is 23.5. The van der Waals surface area contributed by atoms with Gasteiger partial charge in [0.15, 0.2) is 5.78 Å². The monoisotopic (exact) mass is 440 g/mol. The Hall–Kier alpha value is -3.60. The van der Waals surface area contributed by atoms with Crippen molar-refractivity contribution in [3.63, 3.8) is 0 Å². The van der Waals surface area contributed by atoms with E-state index in [4.69, 9.17) is 0 Å². The number of Topliss-reactive ketones (excluding diaryl/α,β-unsaturated/α-hetero) is 2. The minimum atomic E-state index is -0.714. The highest BCUT2D eigenvalue weighted by Crippen LogP contribution is 2.38. The van der Waals surface area contributed by atoms with E-state index in [1.54, 1.807) is 24.4 Å². The van der Waals surface area contributed by atoms with Gasteiger partial charge in [0.2, 0.25) is 0 Å². The lowest BCUT2D eigenvalue weighted by Gasteiger charge is -2.17. The molecule has 168 valence electrons. The normalized spacial score (nSPS) is 17.9. The van der Waals surface area contributed by atoms with Crippen LogP contribution in [-0.2, 0) is 9.59 Å². The first-order valence-electron chi connectivity index (χ1n) is 11.3. The number of ketones is 2. The molecule has 33 heavy (non-hydrogen) atoms. The number of aromatic nitrogens is 1. The second-order valence-electron chi connectivity index (χ2n) is 8.85. The molecule has 4 rings (SSSR count). The van der Waals surface area contributed by atoms with E-state index >= 15 is 0 Å². The number of nitrogens with zero attached hydrogens (tertiary/aromatic N) is 1. The molecule has 1 amide bonds. The first-order chi connectivity index (χ1) is 15.8. The lowest BCUT2D eigenvalue weighted by atomic mass is 9.85. The average Bonchev–Trinajstić information content (AvgIpc) is 3.07. The minimum Gasteiger partial charge on any atom is -0.351 e. The van der Waals surface area contributed by atoms with Gasteiger partial charge >= 0.3 is 0 Å². The number of pyridine rings is 1. The summed E-state index contributed by atoms with van der Waals surface area (Å²) in [4.78, 5) is 42.3. The molecule has 0 spiro atoms. The lowest BCUT2D eigenvalue weighted by Crippen LogP contribution is -2.27. The molecule has 1 saturated carbocycles. The van der Waals surface area contributed by atoms with Gasteiger partial charge < -0.3 is 5.32 Å². The minimum absolute atomic E-state index is 0.0321. The predicted octanol–water partition coefficient (Wildman–Crippen LogP) is 4.74. The van der Waals surface area contributed by atoms with E-state index in [1.165, 1.54) is 5.56 Å². The van der Waals surface area contributed by atoms with Gasteiger partial charge in [-0.1, -0.05) is 48.0 Å². The topological polar surface area (TPSA) is 76.1 Å². The number of benzene rings is 2. The van der Waals surface area contributed by atoms with Crippen LogP contribution in [0.25, 0.3) is 11.1 Å². The molecule has 2 unspecified atom stereocenters. The third-order valence-corrected chi connectivity index (χ3v) is 6.40. The van der Waals surface area contributed by atoms with E-state index in [0.717, 1.165) is 27.8 Å². The van der Waals surface area contributed by atoms with Crippen LogP contribution in [-0.4, -0.2) is 29.0 Å². The smallest absolute Gasteiger partial charge is 0.269 e. The molecular formula is C28H28N2O3. The fourth-order valence-electron chi connectivity index (χ4n) is 4.69.